The number of nitrogens with zero attached hydrogens (tertiary/aromatic N) is 3. The zero-order valence-corrected chi connectivity index (χ0v) is 20.4. The molecule has 2 aliphatic rings. The van der Waals surface area contributed by atoms with Crippen LogP contribution in [-0.4, -0.2) is 64.4 Å². The number of fused-ring (bicyclic) bond motifs is 1. The number of hydrogen-bond acceptors (Lipinski definition) is 5. The van der Waals surface area contributed by atoms with Crippen molar-refractivity contribution in [3.63, 3.8) is 0 Å². The van der Waals surface area contributed by atoms with Crippen molar-refractivity contribution in [2.75, 3.05) is 19.6 Å². The molecule has 0 saturated carbocycles. The van der Waals surface area contributed by atoms with Crippen LogP contribution in [0.5, 0.6) is 0 Å². The van der Waals surface area contributed by atoms with Crippen LogP contribution in [0.15, 0.2) is 48.5 Å². The molecular formula is C26H29F3N4O4. The van der Waals surface area contributed by atoms with E-state index in [1.54, 1.807) is 4.90 Å². The monoisotopic (exact) mass is 518 g/mol. The SMILES string of the molecule is Cc1cc(COC(=O)N2CCC(=O)N3C2CN(Cc2ccccc2)C(=O)[C@@H]3CCN)cc(C(F)(F)F)c1. The van der Waals surface area contributed by atoms with Crippen molar-refractivity contribution >= 4 is 17.9 Å². The number of piperazine rings is 1. The molecule has 37 heavy (non-hydrogen) atoms. The average molecular weight is 519 g/mol. The van der Waals surface area contributed by atoms with Crippen LogP contribution in [0.1, 0.15) is 35.1 Å². The second-order valence-corrected chi connectivity index (χ2v) is 9.28. The van der Waals surface area contributed by atoms with E-state index in [0.717, 1.165) is 17.7 Å². The summed E-state index contributed by atoms with van der Waals surface area (Å²) in [6, 6.07) is 12.0. The lowest BCUT2D eigenvalue weighted by atomic mass is 10.0. The Labute approximate surface area is 212 Å². The molecule has 3 amide bonds. The van der Waals surface area contributed by atoms with Crippen molar-refractivity contribution in [1.29, 1.82) is 0 Å². The van der Waals surface area contributed by atoms with E-state index in [2.05, 4.69) is 0 Å². The van der Waals surface area contributed by atoms with Crippen LogP contribution in [0.25, 0.3) is 0 Å². The van der Waals surface area contributed by atoms with Crippen LogP contribution in [0.4, 0.5) is 18.0 Å². The van der Waals surface area contributed by atoms with Gasteiger partial charge in [0.1, 0.15) is 18.8 Å². The van der Waals surface area contributed by atoms with E-state index in [4.69, 9.17) is 10.5 Å². The van der Waals surface area contributed by atoms with Gasteiger partial charge in [0, 0.05) is 19.5 Å². The van der Waals surface area contributed by atoms with Gasteiger partial charge < -0.3 is 20.3 Å². The van der Waals surface area contributed by atoms with Gasteiger partial charge in [0.05, 0.1) is 12.1 Å². The largest absolute Gasteiger partial charge is 0.444 e. The normalized spacial score (nSPS) is 20.2. The van der Waals surface area contributed by atoms with Crippen LogP contribution in [0, 0.1) is 6.92 Å². The highest BCUT2D eigenvalue weighted by atomic mass is 19.4. The molecule has 2 aliphatic heterocycles. The molecule has 11 heteroatoms. The second-order valence-electron chi connectivity index (χ2n) is 9.28. The minimum absolute atomic E-state index is 0.00129. The smallest absolute Gasteiger partial charge is 0.416 e. The van der Waals surface area contributed by atoms with Crippen molar-refractivity contribution in [3.8, 4) is 0 Å². The number of carbonyl (C=O) groups excluding carboxylic acids is 3. The van der Waals surface area contributed by atoms with Crippen LogP contribution >= 0.6 is 0 Å². The lowest BCUT2D eigenvalue weighted by Gasteiger charge is -2.51. The van der Waals surface area contributed by atoms with Gasteiger partial charge in [-0.05, 0) is 43.1 Å². The van der Waals surface area contributed by atoms with Gasteiger partial charge >= 0.3 is 12.3 Å². The molecule has 4 rings (SSSR count). The van der Waals surface area contributed by atoms with E-state index >= 15 is 0 Å². The van der Waals surface area contributed by atoms with Crippen molar-refractivity contribution in [2.24, 2.45) is 5.73 Å². The predicted octanol–water partition coefficient (Wildman–Crippen LogP) is 3.27. The summed E-state index contributed by atoms with van der Waals surface area (Å²) in [6.45, 7) is 1.80. The number of amides is 3. The van der Waals surface area contributed by atoms with Crippen molar-refractivity contribution < 1.29 is 32.3 Å². The molecule has 0 spiro atoms. The molecule has 2 aromatic carbocycles. The van der Waals surface area contributed by atoms with E-state index in [1.165, 1.54) is 22.8 Å². The van der Waals surface area contributed by atoms with E-state index in [0.29, 0.717) is 12.1 Å². The summed E-state index contributed by atoms with van der Waals surface area (Å²) < 4.78 is 45.0. The van der Waals surface area contributed by atoms with Gasteiger partial charge in [0.2, 0.25) is 11.8 Å². The Morgan fingerprint density at radius 1 is 1.11 bits per heavy atom. The highest BCUT2D eigenvalue weighted by Crippen LogP contribution is 2.31. The molecule has 198 valence electrons. The van der Waals surface area contributed by atoms with Crippen molar-refractivity contribution in [3.05, 3.63) is 70.8 Å². The quantitative estimate of drug-likeness (QED) is 0.633. The van der Waals surface area contributed by atoms with Gasteiger partial charge in [0.15, 0.2) is 0 Å². The van der Waals surface area contributed by atoms with Crippen LogP contribution in [0.2, 0.25) is 0 Å². The summed E-state index contributed by atoms with van der Waals surface area (Å²) in [6.07, 6.45) is -5.82. The summed E-state index contributed by atoms with van der Waals surface area (Å²) in [5.74, 6) is -0.498. The van der Waals surface area contributed by atoms with E-state index in [-0.39, 0.29) is 56.5 Å². The van der Waals surface area contributed by atoms with Crippen molar-refractivity contribution in [2.45, 2.75) is 51.3 Å². The molecule has 8 nitrogen and oxygen atoms in total. The first-order valence-electron chi connectivity index (χ1n) is 12.0. The maximum atomic E-state index is 13.3. The Bertz CT molecular complexity index is 1160. The highest BCUT2D eigenvalue weighted by molar-refractivity contribution is 5.90. The number of aryl methyl sites for hydroxylation is 1. The van der Waals surface area contributed by atoms with E-state index in [1.807, 2.05) is 30.3 Å². The molecule has 1 unspecified atom stereocenters. The van der Waals surface area contributed by atoms with E-state index in [9.17, 15) is 27.6 Å². The number of ether oxygens (including phenoxy) is 1. The predicted molar refractivity (Wildman–Crippen MR) is 128 cm³/mol. The third-order valence-electron chi connectivity index (χ3n) is 6.57. The average Bonchev–Trinajstić information content (AvgIpc) is 2.85. The van der Waals surface area contributed by atoms with Crippen molar-refractivity contribution in [1.82, 2.24) is 14.7 Å². The molecule has 2 N–H and O–H groups in total. The fraction of sp³-hybridized carbons (Fsp3) is 0.423. The number of carbonyl (C=O) groups is 3. The summed E-state index contributed by atoms with van der Waals surface area (Å²) in [5.41, 5.74) is 6.43. The molecule has 0 aliphatic carbocycles. The number of nitrogens with two attached hydrogens (primary N) is 1. The molecule has 0 radical (unpaired) electrons. The summed E-state index contributed by atoms with van der Waals surface area (Å²) in [5, 5.41) is 0. The Hall–Kier alpha value is -3.60. The van der Waals surface area contributed by atoms with E-state index < -0.39 is 30.0 Å². The Balaban J connectivity index is 1.54. The molecule has 2 heterocycles. The standard InChI is InChI=1S/C26H29F3N4O4/c1-17-11-19(13-20(12-17)26(27,28)29)16-37-25(36)32-10-8-23(34)33-21(7-9-30)24(35)31(15-22(32)33)14-18-5-3-2-4-6-18/h2-6,11-13,21-22H,7-10,14-16,30H2,1H3/t21-,22?/m0/s1. The lowest BCUT2D eigenvalue weighted by Crippen LogP contribution is -2.71. The second kappa shape index (κ2) is 10.8. The molecule has 2 fully saturated rings. The Morgan fingerprint density at radius 3 is 2.51 bits per heavy atom. The summed E-state index contributed by atoms with van der Waals surface area (Å²) in [4.78, 5) is 43.7. The van der Waals surface area contributed by atoms with Crippen LogP contribution in [-0.2, 0) is 33.7 Å². The number of halogens is 3. The molecule has 2 atom stereocenters. The summed E-state index contributed by atoms with van der Waals surface area (Å²) in [7, 11) is 0. The van der Waals surface area contributed by atoms with Gasteiger partial charge in [-0.1, -0.05) is 42.0 Å². The van der Waals surface area contributed by atoms with Gasteiger partial charge in [-0.3, -0.25) is 14.5 Å². The number of rotatable bonds is 6. The Kier molecular flexibility index (Phi) is 7.72. The Morgan fingerprint density at radius 2 is 1.84 bits per heavy atom. The topological polar surface area (TPSA) is 96.2 Å². The third kappa shape index (κ3) is 5.87. The minimum Gasteiger partial charge on any atom is -0.444 e. The third-order valence-corrected chi connectivity index (χ3v) is 6.57. The fourth-order valence-corrected chi connectivity index (χ4v) is 4.91. The molecule has 0 aromatic heterocycles. The van der Waals surface area contributed by atoms with Gasteiger partial charge in [-0.25, -0.2) is 4.79 Å². The first kappa shape index (κ1) is 26.5. The van der Waals surface area contributed by atoms with Crippen LogP contribution in [0.3, 0.4) is 0 Å². The maximum Gasteiger partial charge on any atom is 0.416 e. The molecule has 2 saturated heterocycles. The van der Waals surface area contributed by atoms with Gasteiger partial charge in [0.25, 0.3) is 0 Å². The lowest BCUT2D eigenvalue weighted by molar-refractivity contribution is -0.168. The van der Waals surface area contributed by atoms with Gasteiger partial charge in [-0.2, -0.15) is 13.2 Å². The number of alkyl halides is 3. The number of hydrogen-bond donors (Lipinski definition) is 1. The minimum atomic E-state index is -4.52. The molecular weight excluding hydrogens is 489 g/mol. The number of benzene rings is 2. The highest BCUT2D eigenvalue weighted by Gasteiger charge is 2.48. The fourth-order valence-electron chi connectivity index (χ4n) is 4.91. The summed E-state index contributed by atoms with van der Waals surface area (Å²) >= 11 is 0. The van der Waals surface area contributed by atoms with Crippen LogP contribution < -0.4 is 5.73 Å². The molecule has 2 aromatic rings. The zero-order valence-electron chi connectivity index (χ0n) is 20.4. The molecule has 0 bridgehead atoms. The maximum absolute atomic E-state index is 13.3. The van der Waals surface area contributed by atoms with Gasteiger partial charge in [-0.15, -0.1) is 0 Å². The first-order chi connectivity index (χ1) is 17.6. The first-order valence-corrected chi connectivity index (χ1v) is 12.0. The zero-order chi connectivity index (χ0) is 26.7.